The van der Waals surface area contributed by atoms with Crippen molar-refractivity contribution in [2.24, 2.45) is 11.0 Å². The number of para-hydroxylation sites is 1. The Balaban J connectivity index is 1.66. The van der Waals surface area contributed by atoms with Gasteiger partial charge in [-0.2, -0.15) is 10.2 Å². The molecule has 1 atom stereocenters. The van der Waals surface area contributed by atoms with Crippen LogP contribution >= 0.6 is 0 Å². The van der Waals surface area contributed by atoms with Crippen LogP contribution in [0.15, 0.2) is 65.8 Å². The monoisotopic (exact) mass is 360 g/mol. The fraction of sp³-hybridized carbons (Fsp3) is 0.227. The van der Waals surface area contributed by atoms with E-state index in [1.165, 1.54) is 0 Å². The molecule has 1 aromatic heterocycles. The van der Waals surface area contributed by atoms with Gasteiger partial charge in [-0.15, -0.1) is 0 Å². The van der Waals surface area contributed by atoms with Gasteiger partial charge >= 0.3 is 0 Å². The zero-order valence-electron chi connectivity index (χ0n) is 15.9. The third-order valence-electron chi connectivity index (χ3n) is 4.55. The molecule has 5 heteroatoms. The van der Waals surface area contributed by atoms with Crippen LogP contribution in [-0.4, -0.2) is 21.9 Å². The lowest BCUT2D eigenvalue weighted by Gasteiger charge is -2.09. The van der Waals surface area contributed by atoms with E-state index in [0.717, 1.165) is 28.2 Å². The van der Waals surface area contributed by atoms with E-state index in [0.29, 0.717) is 6.42 Å². The number of hydrogen-bond donors (Lipinski definition) is 1. The third-order valence-corrected chi connectivity index (χ3v) is 4.55. The van der Waals surface area contributed by atoms with E-state index in [-0.39, 0.29) is 11.8 Å². The normalized spacial score (nSPS) is 12.3. The highest BCUT2D eigenvalue weighted by Crippen LogP contribution is 2.16. The number of aryl methyl sites for hydroxylation is 1. The van der Waals surface area contributed by atoms with E-state index >= 15 is 0 Å². The van der Waals surface area contributed by atoms with E-state index in [1.54, 1.807) is 6.21 Å². The van der Waals surface area contributed by atoms with Gasteiger partial charge < -0.3 is 0 Å². The molecule has 0 saturated carbocycles. The maximum Gasteiger partial charge on any atom is 0.243 e. The molecule has 0 radical (unpaired) electrons. The summed E-state index contributed by atoms with van der Waals surface area (Å²) in [5, 5.41) is 8.74. The number of hydrazone groups is 1. The van der Waals surface area contributed by atoms with Crippen molar-refractivity contribution in [3.63, 3.8) is 0 Å². The largest absolute Gasteiger partial charge is 0.273 e. The van der Waals surface area contributed by atoms with Gasteiger partial charge in [0.15, 0.2) is 0 Å². The Labute approximate surface area is 159 Å². The average molecular weight is 360 g/mol. The molecule has 0 aliphatic carbocycles. The minimum atomic E-state index is -0.154. The molecule has 27 heavy (non-hydrogen) atoms. The van der Waals surface area contributed by atoms with Crippen LogP contribution in [0.25, 0.3) is 5.69 Å². The summed E-state index contributed by atoms with van der Waals surface area (Å²) in [6, 6.07) is 19.9. The summed E-state index contributed by atoms with van der Waals surface area (Å²) in [4.78, 5) is 12.3. The predicted octanol–water partition coefficient (Wildman–Crippen LogP) is 3.82. The fourth-order valence-electron chi connectivity index (χ4n) is 2.99. The third kappa shape index (κ3) is 4.50. The Bertz CT molecular complexity index is 930. The van der Waals surface area contributed by atoms with Crippen molar-refractivity contribution in [2.45, 2.75) is 27.2 Å². The lowest BCUT2D eigenvalue weighted by Crippen LogP contribution is -2.26. The minimum Gasteiger partial charge on any atom is -0.273 e. The average Bonchev–Trinajstić information content (AvgIpc) is 2.97. The summed E-state index contributed by atoms with van der Waals surface area (Å²) in [6.45, 7) is 5.84. The summed E-state index contributed by atoms with van der Waals surface area (Å²) in [7, 11) is 0. The molecule has 0 bridgehead atoms. The van der Waals surface area contributed by atoms with Gasteiger partial charge in [0.05, 0.1) is 23.3 Å². The van der Waals surface area contributed by atoms with Crippen LogP contribution in [0.3, 0.4) is 0 Å². The molecular weight excluding hydrogens is 336 g/mol. The quantitative estimate of drug-likeness (QED) is 0.537. The van der Waals surface area contributed by atoms with Crippen molar-refractivity contribution in [3.05, 3.63) is 83.2 Å². The van der Waals surface area contributed by atoms with Crippen LogP contribution in [-0.2, 0) is 11.2 Å². The highest BCUT2D eigenvalue weighted by molar-refractivity contribution is 5.85. The standard InChI is InChI=1S/C22H24N4O/c1-16(14-19-10-6-4-7-11-19)22(27)24-23-15-21-17(2)25-26(18(21)3)20-12-8-5-9-13-20/h4-13,15-16H,14H2,1-3H3,(H,24,27)/b23-15-. The Kier molecular flexibility index (Phi) is 5.81. The SMILES string of the molecule is Cc1nn(-c2ccccc2)c(C)c1/C=N\NC(=O)C(C)Cc1ccccc1. The summed E-state index contributed by atoms with van der Waals surface area (Å²) in [6.07, 6.45) is 2.36. The Morgan fingerprint density at radius 2 is 1.74 bits per heavy atom. The second-order valence-electron chi connectivity index (χ2n) is 6.66. The molecule has 0 aliphatic heterocycles. The molecule has 1 unspecified atom stereocenters. The molecule has 1 amide bonds. The zero-order chi connectivity index (χ0) is 19.2. The van der Waals surface area contributed by atoms with Gasteiger partial charge in [-0.25, -0.2) is 10.1 Å². The molecule has 1 N–H and O–H groups in total. The second kappa shape index (κ2) is 8.45. The number of hydrogen-bond acceptors (Lipinski definition) is 3. The molecule has 0 saturated heterocycles. The fourth-order valence-corrected chi connectivity index (χ4v) is 2.99. The smallest absolute Gasteiger partial charge is 0.243 e. The molecular formula is C22H24N4O. The van der Waals surface area contributed by atoms with Crippen LogP contribution in [0.5, 0.6) is 0 Å². The predicted molar refractivity (Wildman–Crippen MR) is 108 cm³/mol. The molecule has 3 rings (SSSR count). The Hall–Kier alpha value is -3.21. The molecule has 5 nitrogen and oxygen atoms in total. The van der Waals surface area contributed by atoms with Crippen molar-refractivity contribution >= 4 is 12.1 Å². The number of nitrogens with zero attached hydrogens (tertiary/aromatic N) is 3. The van der Waals surface area contributed by atoms with Gasteiger partial charge in [-0.05, 0) is 38.0 Å². The van der Waals surface area contributed by atoms with Crippen LogP contribution < -0.4 is 5.43 Å². The maximum absolute atomic E-state index is 12.3. The summed E-state index contributed by atoms with van der Waals surface area (Å²) >= 11 is 0. The van der Waals surface area contributed by atoms with Gasteiger partial charge in [0.1, 0.15) is 0 Å². The molecule has 0 fully saturated rings. The van der Waals surface area contributed by atoms with E-state index in [4.69, 9.17) is 0 Å². The van der Waals surface area contributed by atoms with Crippen LogP contribution in [0.4, 0.5) is 0 Å². The van der Waals surface area contributed by atoms with Gasteiger partial charge in [0, 0.05) is 11.5 Å². The van der Waals surface area contributed by atoms with E-state index < -0.39 is 0 Å². The lowest BCUT2D eigenvalue weighted by atomic mass is 10.0. The molecule has 2 aromatic carbocycles. The molecule has 138 valence electrons. The first kappa shape index (κ1) is 18.6. The number of carbonyl (C=O) groups excluding carboxylic acids is 1. The number of nitrogens with one attached hydrogen (secondary N) is 1. The van der Waals surface area contributed by atoms with Crippen molar-refractivity contribution in [3.8, 4) is 5.69 Å². The zero-order valence-corrected chi connectivity index (χ0v) is 15.9. The van der Waals surface area contributed by atoms with Gasteiger partial charge in [0.2, 0.25) is 5.91 Å². The van der Waals surface area contributed by atoms with Gasteiger partial charge in [-0.1, -0.05) is 55.5 Å². The number of benzene rings is 2. The minimum absolute atomic E-state index is 0.0964. The van der Waals surface area contributed by atoms with Gasteiger partial charge in [0.25, 0.3) is 0 Å². The van der Waals surface area contributed by atoms with Crippen LogP contribution in [0, 0.1) is 19.8 Å². The number of rotatable bonds is 6. The van der Waals surface area contributed by atoms with Gasteiger partial charge in [-0.3, -0.25) is 4.79 Å². The van der Waals surface area contributed by atoms with E-state index in [2.05, 4.69) is 15.6 Å². The van der Waals surface area contributed by atoms with Crippen LogP contribution in [0.2, 0.25) is 0 Å². The lowest BCUT2D eigenvalue weighted by molar-refractivity contribution is -0.124. The van der Waals surface area contributed by atoms with E-state index in [9.17, 15) is 4.79 Å². The van der Waals surface area contributed by atoms with E-state index in [1.807, 2.05) is 86.1 Å². The summed E-state index contributed by atoms with van der Waals surface area (Å²) in [5.74, 6) is -0.250. The van der Waals surface area contributed by atoms with Crippen molar-refractivity contribution < 1.29 is 4.79 Å². The first-order valence-corrected chi connectivity index (χ1v) is 9.04. The van der Waals surface area contributed by atoms with Crippen molar-refractivity contribution in [2.75, 3.05) is 0 Å². The molecule has 0 aliphatic rings. The van der Waals surface area contributed by atoms with Crippen molar-refractivity contribution in [1.29, 1.82) is 0 Å². The maximum atomic E-state index is 12.3. The highest BCUT2D eigenvalue weighted by atomic mass is 16.2. The summed E-state index contributed by atoms with van der Waals surface area (Å²) < 4.78 is 1.89. The molecule has 1 heterocycles. The number of aromatic nitrogens is 2. The second-order valence-corrected chi connectivity index (χ2v) is 6.66. The van der Waals surface area contributed by atoms with Crippen molar-refractivity contribution in [1.82, 2.24) is 15.2 Å². The topological polar surface area (TPSA) is 59.3 Å². The Morgan fingerprint density at radius 1 is 1.11 bits per heavy atom. The number of carbonyl (C=O) groups is 1. The molecule has 3 aromatic rings. The Morgan fingerprint density at radius 3 is 2.41 bits per heavy atom. The number of amides is 1. The van der Waals surface area contributed by atoms with Crippen LogP contribution in [0.1, 0.15) is 29.4 Å². The first-order valence-electron chi connectivity index (χ1n) is 9.04. The summed E-state index contributed by atoms with van der Waals surface area (Å²) in [5.41, 5.74) is 7.55. The highest BCUT2D eigenvalue weighted by Gasteiger charge is 2.14. The first-order chi connectivity index (χ1) is 13.1. The molecule has 0 spiro atoms.